The van der Waals surface area contributed by atoms with Gasteiger partial charge in [0.05, 0.1) is 19.1 Å². The highest BCUT2D eigenvalue weighted by atomic mass is 16.5. The Morgan fingerprint density at radius 1 is 1.14 bits per heavy atom. The first-order valence-electron chi connectivity index (χ1n) is 12.9. The largest absolute Gasteiger partial charge is 0.466 e. The molecule has 1 aromatic heterocycles. The van der Waals surface area contributed by atoms with E-state index in [-0.39, 0.29) is 35.9 Å². The minimum Gasteiger partial charge on any atom is -0.466 e. The summed E-state index contributed by atoms with van der Waals surface area (Å²) in [5.74, 6) is -1.44. The first-order chi connectivity index (χ1) is 17.8. The molecule has 1 aromatic carbocycles. The van der Waals surface area contributed by atoms with Gasteiger partial charge in [-0.05, 0) is 38.7 Å². The fourth-order valence-electron chi connectivity index (χ4n) is 4.95. The molecular formula is C27H35N5O5. The number of carbonyl (C=O) groups excluding carboxylic acids is 4. The average Bonchev–Trinajstić information content (AvgIpc) is 3.25. The molecule has 198 valence electrons. The van der Waals surface area contributed by atoms with Gasteiger partial charge in [0, 0.05) is 45.8 Å². The van der Waals surface area contributed by atoms with Gasteiger partial charge < -0.3 is 19.4 Å². The van der Waals surface area contributed by atoms with Crippen molar-refractivity contribution >= 4 is 23.7 Å². The van der Waals surface area contributed by atoms with Gasteiger partial charge in [-0.2, -0.15) is 5.10 Å². The fraction of sp³-hybridized carbons (Fsp3) is 0.519. The number of ether oxygens (including phenoxy) is 1. The van der Waals surface area contributed by atoms with Gasteiger partial charge >= 0.3 is 5.97 Å². The normalized spacial score (nSPS) is 17.7. The van der Waals surface area contributed by atoms with Crippen LogP contribution in [0.4, 0.5) is 0 Å². The molecule has 4 rings (SSSR count). The van der Waals surface area contributed by atoms with E-state index in [1.807, 2.05) is 25.1 Å². The Hall–Kier alpha value is -3.69. The standard InChI is InChI=1S/C27H35N5O5/c1-4-37-27(36)21-10-6-11-30(17-21)24(33)18-29(3)25(34)22-15-23-26(35)31(12-7-13-32(23)28-22)16-20-9-5-8-19(2)14-20/h5,8-9,14-15,21H,4,6-7,10-13,16-18H2,1-3H3/t21-/m0/s1. The Balaban J connectivity index is 1.40. The van der Waals surface area contributed by atoms with Crippen LogP contribution in [0.5, 0.6) is 0 Å². The van der Waals surface area contributed by atoms with E-state index in [1.54, 1.807) is 28.5 Å². The lowest BCUT2D eigenvalue weighted by molar-refractivity contribution is -0.151. The zero-order valence-electron chi connectivity index (χ0n) is 21.8. The molecule has 0 saturated carbocycles. The van der Waals surface area contributed by atoms with Crippen LogP contribution < -0.4 is 0 Å². The second kappa shape index (κ2) is 11.6. The number of likely N-dealkylation sites (N-methyl/N-ethyl adjacent to an activating group) is 1. The molecule has 2 aliphatic heterocycles. The van der Waals surface area contributed by atoms with Gasteiger partial charge in [0.25, 0.3) is 11.8 Å². The van der Waals surface area contributed by atoms with E-state index in [4.69, 9.17) is 4.74 Å². The first-order valence-corrected chi connectivity index (χ1v) is 12.9. The number of fused-ring (bicyclic) bond motifs is 1. The monoisotopic (exact) mass is 509 g/mol. The molecule has 10 heteroatoms. The number of piperidine rings is 1. The van der Waals surface area contributed by atoms with Crippen molar-refractivity contribution in [2.24, 2.45) is 5.92 Å². The summed E-state index contributed by atoms with van der Waals surface area (Å²) in [6.07, 6.45) is 2.12. The lowest BCUT2D eigenvalue weighted by Crippen LogP contribution is -2.47. The molecule has 37 heavy (non-hydrogen) atoms. The summed E-state index contributed by atoms with van der Waals surface area (Å²) < 4.78 is 6.70. The van der Waals surface area contributed by atoms with Crippen LogP contribution in [0.1, 0.15) is 58.3 Å². The number of nitrogens with zero attached hydrogens (tertiary/aromatic N) is 5. The van der Waals surface area contributed by atoms with Gasteiger partial charge in [0.1, 0.15) is 5.69 Å². The summed E-state index contributed by atoms with van der Waals surface area (Å²) in [5, 5.41) is 4.41. The second-order valence-electron chi connectivity index (χ2n) is 9.80. The van der Waals surface area contributed by atoms with Gasteiger partial charge in [-0.25, -0.2) is 0 Å². The number of likely N-dealkylation sites (tertiary alicyclic amines) is 1. The molecule has 1 fully saturated rings. The van der Waals surface area contributed by atoms with Crippen molar-refractivity contribution < 1.29 is 23.9 Å². The average molecular weight is 510 g/mol. The number of rotatable bonds is 7. The van der Waals surface area contributed by atoms with Crippen molar-refractivity contribution in [3.63, 3.8) is 0 Å². The van der Waals surface area contributed by atoms with Crippen molar-refractivity contribution in [3.05, 3.63) is 52.8 Å². The van der Waals surface area contributed by atoms with Gasteiger partial charge in [0.2, 0.25) is 5.91 Å². The third-order valence-corrected chi connectivity index (χ3v) is 6.87. The van der Waals surface area contributed by atoms with Crippen LogP contribution in [-0.2, 0) is 27.4 Å². The van der Waals surface area contributed by atoms with Crippen molar-refractivity contribution in [2.75, 3.05) is 39.8 Å². The third-order valence-electron chi connectivity index (χ3n) is 6.87. The third kappa shape index (κ3) is 6.18. The summed E-state index contributed by atoms with van der Waals surface area (Å²) >= 11 is 0. The van der Waals surface area contributed by atoms with Crippen LogP contribution in [0.3, 0.4) is 0 Å². The summed E-state index contributed by atoms with van der Waals surface area (Å²) in [7, 11) is 1.55. The maximum absolute atomic E-state index is 13.3. The maximum Gasteiger partial charge on any atom is 0.310 e. The molecule has 0 radical (unpaired) electrons. The molecule has 0 unspecified atom stereocenters. The van der Waals surface area contributed by atoms with E-state index >= 15 is 0 Å². The lowest BCUT2D eigenvalue weighted by Gasteiger charge is -2.32. The lowest BCUT2D eigenvalue weighted by atomic mass is 9.98. The molecule has 1 atom stereocenters. The number of esters is 1. The number of amides is 3. The zero-order valence-corrected chi connectivity index (χ0v) is 21.8. The second-order valence-corrected chi connectivity index (χ2v) is 9.80. The number of hydrogen-bond donors (Lipinski definition) is 0. The molecule has 2 aromatic rings. The quantitative estimate of drug-likeness (QED) is 0.530. The van der Waals surface area contributed by atoms with Gasteiger partial charge in [-0.1, -0.05) is 29.8 Å². The van der Waals surface area contributed by atoms with Crippen LogP contribution in [0.15, 0.2) is 30.3 Å². The summed E-state index contributed by atoms with van der Waals surface area (Å²) in [6.45, 7) is 6.42. The van der Waals surface area contributed by atoms with Gasteiger partial charge in [0.15, 0.2) is 5.69 Å². The number of aromatic nitrogens is 2. The Bertz CT molecular complexity index is 1180. The Kier molecular flexibility index (Phi) is 8.25. The van der Waals surface area contributed by atoms with Crippen LogP contribution in [0, 0.1) is 12.8 Å². The first kappa shape index (κ1) is 26.4. The fourth-order valence-corrected chi connectivity index (χ4v) is 4.95. The Labute approximate surface area is 217 Å². The Morgan fingerprint density at radius 2 is 1.95 bits per heavy atom. The zero-order chi connectivity index (χ0) is 26.5. The van der Waals surface area contributed by atoms with E-state index in [1.165, 1.54) is 11.0 Å². The molecule has 0 bridgehead atoms. The molecule has 10 nitrogen and oxygen atoms in total. The summed E-state index contributed by atoms with van der Waals surface area (Å²) in [4.78, 5) is 56.1. The van der Waals surface area contributed by atoms with Crippen LogP contribution in [0.25, 0.3) is 0 Å². The predicted octanol–water partition coefficient (Wildman–Crippen LogP) is 2.11. The summed E-state index contributed by atoms with van der Waals surface area (Å²) in [6, 6.07) is 9.59. The van der Waals surface area contributed by atoms with E-state index in [0.717, 1.165) is 17.5 Å². The van der Waals surface area contributed by atoms with Crippen molar-refractivity contribution in [1.82, 2.24) is 24.5 Å². The van der Waals surface area contributed by atoms with E-state index < -0.39 is 5.91 Å². The SMILES string of the molecule is CCOC(=O)[C@H]1CCCN(C(=O)CN(C)C(=O)c2cc3n(n2)CCCN(Cc2cccc(C)c2)C3=O)C1. The minimum atomic E-state index is -0.425. The highest BCUT2D eigenvalue weighted by Crippen LogP contribution is 2.20. The molecule has 3 heterocycles. The molecule has 3 amide bonds. The van der Waals surface area contributed by atoms with Gasteiger partial charge in [-0.3, -0.25) is 23.9 Å². The molecular weight excluding hydrogens is 474 g/mol. The number of aryl methyl sites for hydroxylation is 2. The van der Waals surface area contributed by atoms with Crippen molar-refractivity contribution in [2.45, 2.75) is 46.2 Å². The maximum atomic E-state index is 13.3. The van der Waals surface area contributed by atoms with Gasteiger partial charge in [-0.15, -0.1) is 0 Å². The smallest absolute Gasteiger partial charge is 0.310 e. The van der Waals surface area contributed by atoms with Crippen molar-refractivity contribution in [1.29, 1.82) is 0 Å². The molecule has 1 saturated heterocycles. The molecule has 0 spiro atoms. The van der Waals surface area contributed by atoms with Crippen molar-refractivity contribution in [3.8, 4) is 0 Å². The van der Waals surface area contributed by atoms with E-state index in [9.17, 15) is 19.2 Å². The van der Waals surface area contributed by atoms with Crippen LogP contribution in [-0.4, -0.2) is 88.0 Å². The highest BCUT2D eigenvalue weighted by Gasteiger charge is 2.31. The number of carbonyl (C=O) groups is 4. The highest BCUT2D eigenvalue weighted by molar-refractivity contribution is 5.99. The molecule has 0 N–H and O–H groups in total. The van der Waals surface area contributed by atoms with E-state index in [2.05, 4.69) is 11.2 Å². The van der Waals surface area contributed by atoms with E-state index in [0.29, 0.717) is 57.9 Å². The van der Waals surface area contributed by atoms with Crippen LogP contribution >= 0.6 is 0 Å². The topological polar surface area (TPSA) is 105 Å². The summed E-state index contributed by atoms with van der Waals surface area (Å²) in [5.41, 5.74) is 2.70. The number of hydrogen-bond acceptors (Lipinski definition) is 6. The van der Waals surface area contributed by atoms with Crippen LogP contribution in [0.2, 0.25) is 0 Å². The minimum absolute atomic E-state index is 0.135. The molecule has 2 aliphatic rings. The number of benzene rings is 1. The molecule has 0 aliphatic carbocycles. The predicted molar refractivity (Wildman–Crippen MR) is 136 cm³/mol. The Morgan fingerprint density at radius 3 is 2.70 bits per heavy atom.